The number of rotatable bonds is 7. The predicted molar refractivity (Wildman–Crippen MR) is 109 cm³/mol. The van der Waals surface area contributed by atoms with Crippen molar-refractivity contribution in [3.05, 3.63) is 65.5 Å². The summed E-state index contributed by atoms with van der Waals surface area (Å²) in [6.45, 7) is 2.67. The zero-order valence-electron chi connectivity index (χ0n) is 16.8. The number of hydrogen-bond acceptors (Lipinski definition) is 6. The van der Waals surface area contributed by atoms with Crippen LogP contribution in [0.5, 0.6) is 5.75 Å². The van der Waals surface area contributed by atoms with Gasteiger partial charge in [-0.3, -0.25) is 9.59 Å². The van der Waals surface area contributed by atoms with Crippen molar-refractivity contribution in [3.8, 4) is 17.1 Å². The molecule has 0 spiro atoms. The number of nitrogens with one attached hydrogen (secondary N) is 1. The number of carbonyl (C=O) groups excluding carboxylic acids is 2. The highest BCUT2D eigenvalue weighted by Gasteiger charge is 2.27. The van der Waals surface area contributed by atoms with Gasteiger partial charge in [0.25, 0.3) is 5.91 Å². The van der Waals surface area contributed by atoms with Crippen LogP contribution in [0.15, 0.2) is 53.1 Å². The zero-order chi connectivity index (χ0) is 21.1. The second kappa shape index (κ2) is 8.36. The van der Waals surface area contributed by atoms with Gasteiger partial charge >= 0.3 is 0 Å². The quantitative estimate of drug-likeness (QED) is 0.648. The van der Waals surface area contributed by atoms with Gasteiger partial charge in [-0.15, -0.1) is 0 Å². The molecule has 4 rings (SSSR count). The van der Waals surface area contributed by atoms with E-state index in [0.29, 0.717) is 30.4 Å². The van der Waals surface area contributed by atoms with Crippen LogP contribution in [-0.4, -0.2) is 40.5 Å². The van der Waals surface area contributed by atoms with Gasteiger partial charge in [0.15, 0.2) is 0 Å². The number of amides is 2. The fraction of sp³-hybridized carbons (Fsp3) is 0.273. The first-order valence-electron chi connectivity index (χ1n) is 9.69. The SMILES string of the molecule is COc1ccc(-c2noc([C@H](C)NC(=O)CCN3Cc4ccccc4C3=O)n2)cc1. The maximum Gasteiger partial charge on any atom is 0.254 e. The minimum Gasteiger partial charge on any atom is -0.497 e. The van der Waals surface area contributed by atoms with E-state index >= 15 is 0 Å². The fourth-order valence-electron chi connectivity index (χ4n) is 3.38. The van der Waals surface area contributed by atoms with Gasteiger partial charge in [0, 0.05) is 30.6 Å². The zero-order valence-corrected chi connectivity index (χ0v) is 16.8. The lowest BCUT2D eigenvalue weighted by Crippen LogP contribution is -2.32. The Balaban J connectivity index is 1.31. The van der Waals surface area contributed by atoms with E-state index in [0.717, 1.165) is 16.9 Å². The number of ether oxygens (including phenoxy) is 1. The molecule has 0 saturated heterocycles. The van der Waals surface area contributed by atoms with Crippen molar-refractivity contribution in [1.82, 2.24) is 20.4 Å². The molecule has 2 amide bonds. The lowest BCUT2D eigenvalue weighted by Gasteiger charge is -2.16. The summed E-state index contributed by atoms with van der Waals surface area (Å²) in [6, 6.07) is 14.4. The molecule has 1 N–H and O–H groups in total. The highest BCUT2D eigenvalue weighted by atomic mass is 16.5. The topological polar surface area (TPSA) is 97.6 Å². The van der Waals surface area contributed by atoms with Crippen molar-refractivity contribution in [2.24, 2.45) is 0 Å². The molecule has 0 saturated carbocycles. The maximum absolute atomic E-state index is 12.4. The minimum absolute atomic E-state index is 0.0347. The smallest absolute Gasteiger partial charge is 0.254 e. The van der Waals surface area contributed by atoms with Crippen LogP contribution in [0.3, 0.4) is 0 Å². The van der Waals surface area contributed by atoms with Crippen LogP contribution >= 0.6 is 0 Å². The molecule has 0 aliphatic carbocycles. The third kappa shape index (κ3) is 4.03. The van der Waals surface area contributed by atoms with E-state index < -0.39 is 6.04 Å². The van der Waals surface area contributed by atoms with Crippen molar-refractivity contribution >= 4 is 11.8 Å². The monoisotopic (exact) mass is 406 g/mol. The van der Waals surface area contributed by atoms with Crippen molar-refractivity contribution in [3.63, 3.8) is 0 Å². The molecule has 8 nitrogen and oxygen atoms in total. The number of aromatic nitrogens is 2. The van der Waals surface area contributed by atoms with E-state index in [2.05, 4.69) is 15.5 Å². The molecule has 8 heteroatoms. The Bertz CT molecular complexity index is 1060. The van der Waals surface area contributed by atoms with Gasteiger partial charge < -0.3 is 19.5 Å². The van der Waals surface area contributed by atoms with Gasteiger partial charge in [-0.1, -0.05) is 23.4 Å². The van der Waals surface area contributed by atoms with Crippen LogP contribution in [0.4, 0.5) is 0 Å². The summed E-state index contributed by atoms with van der Waals surface area (Å²) in [5, 5.41) is 6.83. The summed E-state index contributed by atoms with van der Waals surface area (Å²) in [6.07, 6.45) is 0.198. The molecule has 0 radical (unpaired) electrons. The van der Waals surface area contributed by atoms with Gasteiger partial charge in [0.1, 0.15) is 11.8 Å². The first kappa shape index (κ1) is 19.6. The molecule has 30 heavy (non-hydrogen) atoms. The summed E-state index contributed by atoms with van der Waals surface area (Å²) in [5.41, 5.74) is 2.49. The average molecular weight is 406 g/mol. The third-order valence-electron chi connectivity index (χ3n) is 5.04. The molecule has 2 aromatic carbocycles. The average Bonchev–Trinajstić information content (AvgIpc) is 3.38. The van der Waals surface area contributed by atoms with Gasteiger partial charge in [0.2, 0.25) is 17.6 Å². The van der Waals surface area contributed by atoms with E-state index in [1.165, 1.54) is 0 Å². The predicted octanol–water partition coefficient (Wildman–Crippen LogP) is 2.97. The number of benzene rings is 2. The standard InChI is InChI=1S/C22H22N4O4/c1-14(21-24-20(25-30-21)15-7-9-17(29-2)10-8-15)23-19(27)11-12-26-13-16-5-3-4-6-18(16)22(26)28/h3-10,14H,11-13H2,1-2H3,(H,23,27)/t14-/m0/s1. The Kier molecular flexibility index (Phi) is 5.47. The molecule has 0 unspecified atom stereocenters. The van der Waals surface area contributed by atoms with E-state index in [-0.39, 0.29) is 18.2 Å². The lowest BCUT2D eigenvalue weighted by molar-refractivity contribution is -0.122. The molecular formula is C22H22N4O4. The Labute approximate surface area is 173 Å². The third-order valence-corrected chi connectivity index (χ3v) is 5.04. The normalized spacial score (nSPS) is 13.8. The molecule has 0 bridgehead atoms. The van der Waals surface area contributed by atoms with Crippen LogP contribution in [0.2, 0.25) is 0 Å². The number of hydrogen-bond donors (Lipinski definition) is 1. The molecule has 0 fully saturated rings. The first-order valence-corrected chi connectivity index (χ1v) is 9.69. The minimum atomic E-state index is -0.441. The molecule has 1 aromatic heterocycles. The van der Waals surface area contributed by atoms with Crippen molar-refractivity contribution < 1.29 is 18.8 Å². The number of nitrogens with zero attached hydrogens (tertiary/aromatic N) is 3. The summed E-state index contributed by atoms with van der Waals surface area (Å²) < 4.78 is 10.4. The van der Waals surface area contributed by atoms with E-state index in [1.54, 1.807) is 18.9 Å². The van der Waals surface area contributed by atoms with Crippen molar-refractivity contribution in [2.45, 2.75) is 25.9 Å². The molecule has 1 aliphatic rings. The Morgan fingerprint density at radius 2 is 2.00 bits per heavy atom. The van der Waals surface area contributed by atoms with Gasteiger partial charge in [-0.05, 0) is 42.8 Å². The Morgan fingerprint density at radius 1 is 1.23 bits per heavy atom. The van der Waals surface area contributed by atoms with E-state index in [1.807, 2.05) is 48.5 Å². The van der Waals surface area contributed by atoms with Crippen LogP contribution < -0.4 is 10.1 Å². The lowest BCUT2D eigenvalue weighted by atomic mass is 10.1. The van der Waals surface area contributed by atoms with E-state index in [9.17, 15) is 9.59 Å². The number of methoxy groups -OCH3 is 1. The largest absolute Gasteiger partial charge is 0.497 e. The Hall–Kier alpha value is -3.68. The summed E-state index contributed by atoms with van der Waals surface area (Å²) in [7, 11) is 1.60. The second-order valence-electron chi connectivity index (χ2n) is 7.11. The van der Waals surface area contributed by atoms with Crippen LogP contribution in [0.25, 0.3) is 11.4 Å². The molecule has 2 heterocycles. The molecule has 154 valence electrons. The van der Waals surface area contributed by atoms with Gasteiger partial charge in [0.05, 0.1) is 7.11 Å². The highest BCUT2D eigenvalue weighted by Crippen LogP contribution is 2.23. The molecular weight excluding hydrogens is 384 g/mol. The van der Waals surface area contributed by atoms with Crippen LogP contribution in [0, 0.1) is 0 Å². The van der Waals surface area contributed by atoms with Crippen molar-refractivity contribution in [1.29, 1.82) is 0 Å². The molecule has 3 aromatic rings. The summed E-state index contributed by atoms with van der Waals surface area (Å²) >= 11 is 0. The molecule has 1 atom stereocenters. The highest BCUT2D eigenvalue weighted by molar-refractivity contribution is 5.98. The van der Waals surface area contributed by atoms with E-state index in [4.69, 9.17) is 9.26 Å². The first-order chi connectivity index (χ1) is 14.5. The fourth-order valence-corrected chi connectivity index (χ4v) is 3.38. The molecule has 1 aliphatic heterocycles. The van der Waals surface area contributed by atoms with Gasteiger partial charge in [-0.2, -0.15) is 4.98 Å². The van der Waals surface area contributed by atoms with Crippen molar-refractivity contribution in [2.75, 3.05) is 13.7 Å². The summed E-state index contributed by atoms with van der Waals surface area (Å²) in [4.78, 5) is 30.8. The second-order valence-corrected chi connectivity index (χ2v) is 7.11. The number of fused-ring (bicyclic) bond motifs is 1. The van der Waals surface area contributed by atoms with Crippen LogP contribution in [0.1, 0.15) is 41.2 Å². The van der Waals surface area contributed by atoms with Gasteiger partial charge in [-0.25, -0.2) is 0 Å². The number of carbonyl (C=O) groups is 2. The van der Waals surface area contributed by atoms with Crippen LogP contribution in [-0.2, 0) is 11.3 Å². The summed E-state index contributed by atoms with van der Waals surface area (Å²) in [5.74, 6) is 1.28. The Morgan fingerprint density at radius 3 is 2.73 bits per heavy atom. The maximum atomic E-state index is 12.4.